The topological polar surface area (TPSA) is 176 Å². The van der Waals surface area contributed by atoms with Crippen molar-refractivity contribution in [1.29, 1.82) is 0 Å². The number of rotatable bonds is 29. The molecular formula is C34H76O9P2. The molecule has 0 aromatic rings. The Morgan fingerprint density at radius 2 is 0.556 bits per heavy atom. The number of hydrogen-bond donors (Lipinski definition) is 7. The third-order valence-corrected chi connectivity index (χ3v) is 12.9. The minimum atomic E-state index is -4.31. The average Bonchev–Trinajstić information content (AvgIpc) is 2.96. The van der Waals surface area contributed by atoms with Crippen LogP contribution in [-0.4, -0.2) is 71.4 Å². The summed E-state index contributed by atoms with van der Waals surface area (Å²) in [6.07, 6.45) is 26.8. The van der Waals surface area contributed by atoms with Crippen molar-refractivity contribution in [3.63, 3.8) is 0 Å². The average molecular weight is 691 g/mol. The summed E-state index contributed by atoms with van der Waals surface area (Å²) in [5.41, 5.74) is 0. The van der Waals surface area contributed by atoms with E-state index in [2.05, 4.69) is 27.7 Å². The van der Waals surface area contributed by atoms with Crippen LogP contribution >= 0.6 is 14.6 Å². The van der Waals surface area contributed by atoms with E-state index in [1.165, 1.54) is 77.0 Å². The van der Waals surface area contributed by atoms with Gasteiger partial charge in [0.25, 0.3) is 0 Å². The first kappa shape index (κ1) is 49.2. The molecule has 0 saturated heterocycles. The quantitative estimate of drug-likeness (QED) is 0.0175. The van der Waals surface area contributed by atoms with Gasteiger partial charge in [0.1, 0.15) is 0 Å². The summed E-state index contributed by atoms with van der Waals surface area (Å²) in [5, 5.41) is 7.35. The van der Waals surface area contributed by atoms with Gasteiger partial charge in [-0.1, -0.05) is 0 Å². The molecule has 0 aromatic carbocycles. The van der Waals surface area contributed by atoms with E-state index in [1.807, 2.05) is 0 Å². The predicted molar refractivity (Wildman–Crippen MR) is 194 cm³/mol. The van der Waals surface area contributed by atoms with E-state index in [1.54, 1.807) is 0 Å². The number of carbonyl (C=O) groups excluding carboxylic acids is 1. The molecule has 0 aliphatic carbocycles. The van der Waals surface area contributed by atoms with Crippen molar-refractivity contribution in [2.45, 2.75) is 182 Å². The summed E-state index contributed by atoms with van der Waals surface area (Å²) in [6, 6.07) is 0. The minimum Gasteiger partial charge on any atom is -0.476 e. The van der Waals surface area contributed by atoms with Crippen molar-refractivity contribution >= 4 is 26.8 Å². The molecule has 0 aromatic heterocycles. The van der Waals surface area contributed by atoms with Crippen LogP contribution in [0.5, 0.6) is 0 Å². The van der Waals surface area contributed by atoms with Gasteiger partial charge in [0.05, 0.1) is 0 Å². The second-order valence-electron chi connectivity index (χ2n) is 13.1. The molecule has 0 heterocycles. The molecule has 0 bridgehead atoms. The first-order valence-corrected chi connectivity index (χ1v) is 23.2. The van der Waals surface area contributed by atoms with Gasteiger partial charge in [-0.2, -0.15) is 0 Å². The van der Waals surface area contributed by atoms with E-state index in [4.69, 9.17) is 14.7 Å². The summed E-state index contributed by atoms with van der Waals surface area (Å²) in [5.74, 6) is -1.43. The zero-order chi connectivity index (χ0) is 35.0. The summed E-state index contributed by atoms with van der Waals surface area (Å²) >= 11 is 0. The Kier molecular flexibility index (Phi) is 32.6. The third-order valence-electron chi connectivity index (χ3n) is 7.98. The molecule has 0 unspecified atom stereocenters. The minimum absolute atomic E-state index is 0.167. The fourth-order valence-corrected chi connectivity index (χ4v) is 9.02. The van der Waals surface area contributed by atoms with Gasteiger partial charge in [-0.05, 0) is 0 Å². The van der Waals surface area contributed by atoms with Crippen LogP contribution in [0.15, 0.2) is 0 Å². The molecule has 0 spiro atoms. The molecule has 0 aliphatic rings. The van der Waals surface area contributed by atoms with Crippen molar-refractivity contribution in [2.24, 2.45) is 0 Å². The van der Waals surface area contributed by atoms with Crippen LogP contribution in [0.25, 0.3) is 0 Å². The molecule has 11 heteroatoms. The van der Waals surface area contributed by atoms with Gasteiger partial charge < -0.3 is 5.11 Å². The Hall–Kier alpha value is -0.240. The summed E-state index contributed by atoms with van der Waals surface area (Å²) in [6.45, 7) is 8.73. The fourth-order valence-electron chi connectivity index (χ4n) is 5.09. The van der Waals surface area contributed by atoms with Crippen molar-refractivity contribution in [3.8, 4) is 0 Å². The summed E-state index contributed by atoms with van der Waals surface area (Å²) in [7, 11) is -8.62. The van der Waals surface area contributed by atoms with Gasteiger partial charge in [0, 0.05) is 0 Å². The number of aliphatic carboxylic acids is 1. The molecule has 276 valence electrons. The maximum Gasteiger partial charge on any atom is 0.368 e. The molecule has 0 saturated carbocycles. The number of carboxylic acid groups (broad SMARTS) is 1. The van der Waals surface area contributed by atoms with Crippen molar-refractivity contribution in [1.82, 2.24) is 0 Å². The summed E-state index contributed by atoms with van der Waals surface area (Å²) < 4.78 is 0. The van der Waals surface area contributed by atoms with E-state index in [9.17, 15) is 29.4 Å². The van der Waals surface area contributed by atoms with Crippen LogP contribution in [0.1, 0.15) is 182 Å². The van der Waals surface area contributed by atoms with E-state index in [0.717, 1.165) is 77.0 Å². The van der Waals surface area contributed by atoms with Gasteiger partial charge in [-0.15, -0.1) is 0 Å². The van der Waals surface area contributed by atoms with Gasteiger partial charge in [-0.25, -0.2) is 4.79 Å². The number of carbonyl (C=O) groups is 2. The van der Waals surface area contributed by atoms with Crippen molar-refractivity contribution in [2.75, 3.05) is 24.6 Å². The maximum atomic E-state index is 10.0. The largest absolute Gasteiger partial charge is 0.476 e. The smallest absolute Gasteiger partial charge is 0.368 e. The molecule has 0 fully saturated rings. The van der Waals surface area contributed by atoms with Crippen LogP contribution < -0.4 is 0 Å². The monoisotopic (exact) mass is 690 g/mol. The van der Waals surface area contributed by atoms with Gasteiger partial charge >= 0.3 is 256 Å². The van der Waals surface area contributed by atoms with Crippen LogP contribution in [0.2, 0.25) is 0 Å². The Balaban J connectivity index is -0.000000680. The van der Waals surface area contributed by atoms with E-state index < -0.39 is 20.5 Å². The number of hydrogen-bond acceptors (Lipinski definition) is 8. The van der Waals surface area contributed by atoms with Gasteiger partial charge in [-0.3, -0.25) is 4.79 Å². The normalized spacial score (nSPS) is 13.3. The zero-order valence-corrected chi connectivity index (χ0v) is 31.5. The van der Waals surface area contributed by atoms with Gasteiger partial charge in [0.2, 0.25) is 6.29 Å². The van der Waals surface area contributed by atoms with Crippen LogP contribution in [0, 0.1) is 0 Å². The molecule has 0 atom stereocenters. The second kappa shape index (κ2) is 29.9. The van der Waals surface area contributed by atoms with E-state index in [0.29, 0.717) is 0 Å². The standard InChI is InChI=1S/2C16H37O3P.C2H2O3/c2*1-3-5-7-9-11-13-15-20(17,18,19)16-14-12-10-8-6-4-2;3-1-2(4)5/h2*17-19H,3-16H2,1-2H3;1H,(H,4,5). The Bertz CT molecular complexity index is 586. The first-order valence-electron chi connectivity index (χ1n) is 18.2. The fraction of sp³-hybridized carbons (Fsp3) is 0.941. The van der Waals surface area contributed by atoms with Crippen LogP contribution in [0.4, 0.5) is 0 Å². The molecule has 9 nitrogen and oxygen atoms in total. The maximum absolute atomic E-state index is 10.0. The molecular weight excluding hydrogens is 614 g/mol. The Morgan fingerprint density at radius 3 is 0.711 bits per heavy atom. The molecule has 0 aliphatic heterocycles. The van der Waals surface area contributed by atoms with Crippen LogP contribution in [-0.2, 0) is 9.59 Å². The molecule has 0 amide bonds. The van der Waals surface area contributed by atoms with E-state index in [-0.39, 0.29) is 30.9 Å². The first-order chi connectivity index (χ1) is 21.0. The van der Waals surface area contributed by atoms with Gasteiger partial charge in [0.15, 0.2) is 0 Å². The second-order valence-corrected chi connectivity index (χ2v) is 20.3. The predicted octanol–water partition coefficient (Wildman–Crippen LogP) is 9.24. The Morgan fingerprint density at radius 1 is 0.400 bits per heavy atom. The van der Waals surface area contributed by atoms with Crippen molar-refractivity contribution < 1.29 is 44.1 Å². The molecule has 7 N–H and O–H groups in total. The number of aldehydes is 1. The Labute approximate surface area is 277 Å². The van der Waals surface area contributed by atoms with E-state index >= 15 is 0 Å². The number of carboxylic acids is 1. The molecule has 0 radical (unpaired) electrons. The molecule has 0 rings (SSSR count). The van der Waals surface area contributed by atoms with Crippen molar-refractivity contribution in [3.05, 3.63) is 0 Å². The number of unbranched alkanes of at least 4 members (excludes halogenated alkanes) is 20. The summed E-state index contributed by atoms with van der Waals surface area (Å²) in [4.78, 5) is 78.1. The third kappa shape index (κ3) is 43.8. The zero-order valence-electron chi connectivity index (χ0n) is 29.7. The van der Waals surface area contributed by atoms with Crippen LogP contribution in [0.3, 0.4) is 0 Å². The molecule has 45 heavy (non-hydrogen) atoms. The SMILES string of the molecule is CCCCCCCCP(O)(O)(O)CCCCCCCC.CCCCCCCCP(O)(O)(O)CCCCCCCC.O=CC(=O)O.